The van der Waals surface area contributed by atoms with Gasteiger partial charge in [0.15, 0.2) is 0 Å². The number of allylic oxidation sites excluding steroid dienone is 6. The standard InChI is InChI=1S/C56H105NO5/c1-3-5-7-9-11-13-15-17-19-20-22-26-30-34-38-42-46-50-56(61)62-51-47-43-39-35-31-27-23-25-29-33-37-41-45-49-55(60)57-53(52-58)54(59)48-44-40-36-32-28-24-21-18-16-14-12-10-8-6-4-2/h11,13,17,19,25,29,53-54,58-59H,3-10,12,14-16,18,20-24,26-28,30-52H2,1-2H3,(H,57,60)/b13-11-,19-17-,29-25-. The van der Waals surface area contributed by atoms with Gasteiger partial charge in [0, 0.05) is 12.8 Å². The van der Waals surface area contributed by atoms with E-state index in [4.69, 9.17) is 4.74 Å². The molecule has 0 rings (SSSR count). The van der Waals surface area contributed by atoms with E-state index in [-0.39, 0.29) is 18.5 Å². The summed E-state index contributed by atoms with van der Waals surface area (Å²) >= 11 is 0. The maximum atomic E-state index is 12.4. The summed E-state index contributed by atoms with van der Waals surface area (Å²) in [6.07, 6.45) is 62.6. The first-order valence-corrected chi connectivity index (χ1v) is 27.2. The Kier molecular flexibility index (Phi) is 50.1. The van der Waals surface area contributed by atoms with Crippen LogP contribution in [0.4, 0.5) is 0 Å². The van der Waals surface area contributed by atoms with Crippen LogP contribution in [0.25, 0.3) is 0 Å². The highest BCUT2D eigenvalue weighted by Crippen LogP contribution is 2.16. The number of aliphatic hydroxyl groups is 2. The minimum atomic E-state index is -0.682. The molecule has 6 nitrogen and oxygen atoms in total. The third-order valence-electron chi connectivity index (χ3n) is 12.4. The van der Waals surface area contributed by atoms with Crippen molar-refractivity contribution in [1.82, 2.24) is 5.32 Å². The fourth-order valence-corrected chi connectivity index (χ4v) is 8.19. The van der Waals surface area contributed by atoms with E-state index in [2.05, 4.69) is 55.6 Å². The van der Waals surface area contributed by atoms with Crippen molar-refractivity contribution in [2.45, 2.75) is 296 Å². The van der Waals surface area contributed by atoms with Crippen LogP contribution in [0.5, 0.6) is 0 Å². The number of ether oxygens (including phenoxy) is 1. The van der Waals surface area contributed by atoms with Crippen molar-refractivity contribution in [1.29, 1.82) is 0 Å². The van der Waals surface area contributed by atoms with Gasteiger partial charge in [-0.05, 0) is 83.5 Å². The molecular formula is C56H105NO5. The molecule has 0 spiro atoms. The topological polar surface area (TPSA) is 95.9 Å². The lowest BCUT2D eigenvalue weighted by Gasteiger charge is -2.22. The Labute approximate surface area is 385 Å². The van der Waals surface area contributed by atoms with Crippen LogP contribution in [0.15, 0.2) is 36.5 Å². The van der Waals surface area contributed by atoms with Gasteiger partial charge in [0.2, 0.25) is 5.91 Å². The SMILES string of the molecule is CCCCC/C=C\C/C=C\CCCCCCCCCC(=O)OCCCCCCCC/C=C\CCCCCC(=O)NC(CO)C(O)CCCCCCCCCCCCCCCCC. The molecule has 0 aliphatic heterocycles. The summed E-state index contributed by atoms with van der Waals surface area (Å²) in [6.45, 7) is 4.88. The monoisotopic (exact) mass is 872 g/mol. The number of esters is 1. The summed E-state index contributed by atoms with van der Waals surface area (Å²) in [7, 11) is 0. The number of aliphatic hydroxyl groups excluding tert-OH is 2. The Morgan fingerprint density at radius 1 is 0.452 bits per heavy atom. The fourth-order valence-electron chi connectivity index (χ4n) is 8.19. The van der Waals surface area contributed by atoms with Gasteiger partial charge in [0.1, 0.15) is 0 Å². The van der Waals surface area contributed by atoms with Gasteiger partial charge < -0.3 is 20.3 Å². The molecule has 0 aliphatic rings. The Bertz CT molecular complexity index is 1010. The van der Waals surface area contributed by atoms with Crippen LogP contribution < -0.4 is 5.32 Å². The molecule has 0 aromatic rings. The highest BCUT2D eigenvalue weighted by molar-refractivity contribution is 5.76. The van der Waals surface area contributed by atoms with E-state index >= 15 is 0 Å². The van der Waals surface area contributed by atoms with Gasteiger partial charge in [-0.2, -0.15) is 0 Å². The molecule has 0 saturated carbocycles. The second kappa shape index (κ2) is 51.7. The Hall–Kier alpha value is -1.92. The number of unbranched alkanes of at least 4 members (excludes halogenated alkanes) is 33. The van der Waals surface area contributed by atoms with Crippen molar-refractivity contribution in [3.8, 4) is 0 Å². The molecule has 364 valence electrons. The van der Waals surface area contributed by atoms with Gasteiger partial charge >= 0.3 is 5.97 Å². The first kappa shape index (κ1) is 60.1. The maximum Gasteiger partial charge on any atom is 0.305 e. The molecule has 0 aromatic heterocycles. The zero-order chi connectivity index (χ0) is 45.1. The molecule has 0 bridgehead atoms. The lowest BCUT2D eigenvalue weighted by Crippen LogP contribution is -2.45. The molecular weight excluding hydrogens is 767 g/mol. The van der Waals surface area contributed by atoms with Crippen molar-refractivity contribution in [3.63, 3.8) is 0 Å². The van der Waals surface area contributed by atoms with Crippen LogP contribution in [0.3, 0.4) is 0 Å². The number of carbonyl (C=O) groups is 2. The number of nitrogens with one attached hydrogen (secondary N) is 1. The largest absolute Gasteiger partial charge is 0.466 e. The maximum absolute atomic E-state index is 12.4. The van der Waals surface area contributed by atoms with Crippen molar-refractivity contribution >= 4 is 11.9 Å². The molecule has 2 unspecified atom stereocenters. The minimum Gasteiger partial charge on any atom is -0.466 e. The van der Waals surface area contributed by atoms with Crippen molar-refractivity contribution in [2.24, 2.45) is 0 Å². The first-order valence-electron chi connectivity index (χ1n) is 27.2. The van der Waals surface area contributed by atoms with E-state index in [1.54, 1.807) is 0 Å². The second-order valence-electron chi connectivity index (χ2n) is 18.6. The second-order valence-corrected chi connectivity index (χ2v) is 18.6. The zero-order valence-corrected chi connectivity index (χ0v) is 41.4. The summed E-state index contributed by atoms with van der Waals surface area (Å²) in [5, 5.41) is 23.2. The molecule has 0 saturated heterocycles. The predicted octanol–water partition coefficient (Wildman–Crippen LogP) is 16.5. The summed E-state index contributed by atoms with van der Waals surface area (Å²) in [5.41, 5.74) is 0. The van der Waals surface area contributed by atoms with Gasteiger partial charge in [-0.25, -0.2) is 0 Å². The predicted molar refractivity (Wildman–Crippen MR) is 269 cm³/mol. The van der Waals surface area contributed by atoms with Gasteiger partial charge in [-0.15, -0.1) is 0 Å². The van der Waals surface area contributed by atoms with Crippen molar-refractivity contribution in [3.05, 3.63) is 36.5 Å². The Balaban J connectivity index is 3.50. The summed E-state index contributed by atoms with van der Waals surface area (Å²) < 4.78 is 5.46. The minimum absolute atomic E-state index is 0.0205. The third kappa shape index (κ3) is 47.6. The molecule has 0 heterocycles. The van der Waals surface area contributed by atoms with E-state index in [1.807, 2.05) is 0 Å². The lowest BCUT2D eigenvalue weighted by atomic mass is 10.0. The van der Waals surface area contributed by atoms with E-state index in [0.29, 0.717) is 25.9 Å². The number of rotatable bonds is 50. The third-order valence-corrected chi connectivity index (χ3v) is 12.4. The molecule has 6 heteroatoms. The van der Waals surface area contributed by atoms with Gasteiger partial charge in [0.05, 0.1) is 25.4 Å². The van der Waals surface area contributed by atoms with Gasteiger partial charge in [-0.3, -0.25) is 9.59 Å². The van der Waals surface area contributed by atoms with Crippen molar-refractivity contribution in [2.75, 3.05) is 13.2 Å². The number of hydrogen-bond acceptors (Lipinski definition) is 5. The van der Waals surface area contributed by atoms with Crippen LogP contribution in [0, 0.1) is 0 Å². The van der Waals surface area contributed by atoms with Crippen LogP contribution in [0.2, 0.25) is 0 Å². The molecule has 0 aromatic carbocycles. The highest BCUT2D eigenvalue weighted by Gasteiger charge is 2.20. The lowest BCUT2D eigenvalue weighted by molar-refractivity contribution is -0.143. The molecule has 2 atom stereocenters. The smallest absolute Gasteiger partial charge is 0.305 e. The number of carbonyl (C=O) groups excluding carboxylic acids is 2. The summed E-state index contributed by atoms with van der Waals surface area (Å²) in [5.74, 6) is -0.0857. The Morgan fingerprint density at radius 3 is 1.29 bits per heavy atom. The molecule has 3 N–H and O–H groups in total. The molecule has 0 radical (unpaired) electrons. The highest BCUT2D eigenvalue weighted by atomic mass is 16.5. The fraction of sp³-hybridized carbons (Fsp3) is 0.857. The van der Waals surface area contributed by atoms with Crippen LogP contribution in [0.1, 0.15) is 284 Å². The van der Waals surface area contributed by atoms with E-state index in [1.165, 1.54) is 173 Å². The van der Waals surface area contributed by atoms with Gasteiger partial charge in [0.25, 0.3) is 0 Å². The normalized spacial score (nSPS) is 12.9. The van der Waals surface area contributed by atoms with Crippen LogP contribution in [-0.2, 0) is 14.3 Å². The quantitative estimate of drug-likeness (QED) is 0.0321. The summed E-state index contributed by atoms with van der Waals surface area (Å²) in [4.78, 5) is 24.5. The van der Waals surface area contributed by atoms with Crippen molar-refractivity contribution < 1.29 is 24.5 Å². The zero-order valence-electron chi connectivity index (χ0n) is 41.4. The van der Waals surface area contributed by atoms with Crippen LogP contribution in [-0.4, -0.2) is 47.4 Å². The molecule has 62 heavy (non-hydrogen) atoms. The van der Waals surface area contributed by atoms with E-state index in [9.17, 15) is 19.8 Å². The Morgan fingerprint density at radius 2 is 0.806 bits per heavy atom. The number of amides is 1. The average molecular weight is 872 g/mol. The number of hydrogen-bond donors (Lipinski definition) is 3. The molecule has 0 fully saturated rings. The van der Waals surface area contributed by atoms with E-state index < -0.39 is 12.1 Å². The first-order chi connectivity index (χ1) is 30.5. The van der Waals surface area contributed by atoms with Gasteiger partial charge in [-0.1, -0.05) is 224 Å². The average Bonchev–Trinajstić information content (AvgIpc) is 3.27. The molecule has 0 aliphatic carbocycles. The van der Waals surface area contributed by atoms with E-state index in [0.717, 1.165) is 77.0 Å². The molecule has 1 amide bonds. The summed E-state index contributed by atoms with van der Waals surface area (Å²) in [6, 6.07) is -0.562. The van der Waals surface area contributed by atoms with Crippen LogP contribution >= 0.6 is 0 Å².